The molecular weight excluding hydrogens is 290 g/mol. The smallest absolute Gasteiger partial charge is 0.228 e. The summed E-state index contributed by atoms with van der Waals surface area (Å²) >= 11 is 6.07. The number of rotatable bonds is 6. The number of ether oxygens (including phenoxy) is 1. The van der Waals surface area contributed by atoms with E-state index >= 15 is 0 Å². The van der Waals surface area contributed by atoms with Crippen LogP contribution in [0.3, 0.4) is 0 Å². The third kappa shape index (κ3) is 4.84. The molecule has 1 unspecified atom stereocenters. The van der Waals surface area contributed by atoms with Gasteiger partial charge < -0.3 is 15.8 Å². The lowest BCUT2D eigenvalue weighted by Crippen LogP contribution is -2.23. The number of hydrogen-bond donors (Lipinski definition) is 2. The first-order valence-corrected chi connectivity index (χ1v) is 6.98. The highest BCUT2D eigenvalue weighted by molar-refractivity contribution is 6.31. The summed E-state index contributed by atoms with van der Waals surface area (Å²) in [5.74, 6) is 1.23. The van der Waals surface area contributed by atoms with Crippen LogP contribution < -0.4 is 11.1 Å². The first-order chi connectivity index (χ1) is 10.0. The Morgan fingerprint density at radius 2 is 2.05 bits per heavy atom. The van der Waals surface area contributed by atoms with Gasteiger partial charge in [-0.25, -0.2) is 0 Å². The molecule has 2 aromatic rings. The van der Waals surface area contributed by atoms with E-state index in [9.17, 15) is 0 Å². The minimum Gasteiger partial charge on any atom is -0.375 e. The van der Waals surface area contributed by atoms with E-state index in [1.54, 1.807) is 6.92 Å². The Morgan fingerprint density at radius 3 is 2.76 bits per heavy atom. The molecule has 0 aliphatic rings. The molecule has 0 spiro atoms. The average molecular weight is 308 g/mol. The van der Waals surface area contributed by atoms with E-state index in [0.717, 1.165) is 5.56 Å². The quantitative estimate of drug-likeness (QED) is 0.852. The third-order valence-electron chi connectivity index (χ3n) is 2.72. The molecule has 0 saturated heterocycles. The number of nitrogens with zero attached hydrogens (tertiary/aromatic N) is 3. The van der Waals surface area contributed by atoms with Crippen molar-refractivity contribution >= 4 is 23.5 Å². The van der Waals surface area contributed by atoms with E-state index in [4.69, 9.17) is 22.1 Å². The minimum atomic E-state index is 0.0358. The predicted octanol–water partition coefficient (Wildman–Crippen LogP) is 2.43. The fraction of sp³-hybridized carbons (Fsp3) is 0.357. The molecule has 0 radical (unpaired) electrons. The molecule has 6 nitrogen and oxygen atoms in total. The van der Waals surface area contributed by atoms with Gasteiger partial charge in [0.1, 0.15) is 5.82 Å². The van der Waals surface area contributed by atoms with Crippen LogP contribution in [0.15, 0.2) is 24.3 Å². The average Bonchev–Trinajstić information content (AvgIpc) is 2.39. The summed E-state index contributed by atoms with van der Waals surface area (Å²) in [6.07, 6.45) is 0. The standard InChI is InChI=1S/C14H18ClN5O/c1-9(17-14-19-10(2)18-13(16)20-14)7-21-8-11-5-3-4-6-12(11)15/h3-6,9H,7-8H2,1-2H3,(H3,16,17,18,19,20). The van der Waals surface area contributed by atoms with Crippen molar-refractivity contribution in [3.05, 3.63) is 40.7 Å². The molecule has 21 heavy (non-hydrogen) atoms. The van der Waals surface area contributed by atoms with Crippen LogP contribution in [-0.2, 0) is 11.3 Å². The number of hydrogen-bond acceptors (Lipinski definition) is 6. The molecule has 2 rings (SSSR count). The molecule has 0 aliphatic heterocycles. The number of anilines is 2. The van der Waals surface area contributed by atoms with Crippen LogP contribution in [0.5, 0.6) is 0 Å². The summed E-state index contributed by atoms with van der Waals surface area (Å²) in [5, 5.41) is 3.83. The maximum atomic E-state index is 6.07. The highest BCUT2D eigenvalue weighted by Gasteiger charge is 2.07. The molecule has 0 fully saturated rings. The van der Waals surface area contributed by atoms with Crippen LogP contribution in [-0.4, -0.2) is 27.6 Å². The van der Waals surface area contributed by atoms with Crippen molar-refractivity contribution in [2.24, 2.45) is 0 Å². The second kappa shape index (κ2) is 7.19. The highest BCUT2D eigenvalue weighted by Crippen LogP contribution is 2.15. The number of nitrogens with two attached hydrogens (primary N) is 1. The number of nitrogen functional groups attached to an aromatic ring is 1. The van der Waals surface area contributed by atoms with Gasteiger partial charge in [-0.3, -0.25) is 0 Å². The van der Waals surface area contributed by atoms with Crippen LogP contribution in [0, 0.1) is 6.92 Å². The number of halogens is 1. The lowest BCUT2D eigenvalue weighted by atomic mass is 10.2. The first-order valence-electron chi connectivity index (χ1n) is 6.60. The lowest BCUT2D eigenvalue weighted by Gasteiger charge is -2.14. The summed E-state index contributed by atoms with van der Waals surface area (Å²) in [6, 6.07) is 7.65. The Labute approximate surface area is 128 Å². The molecular formula is C14H18ClN5O. The van der Waals surface area contributed by atoms with Crippen molar-refractivity contribution in [1.29, 1.82) is 0 Å². The van der Waals surface area contributed by atoms with E-state index in [1.165, 1.54) is 0 Å². The second-order valence-corrected chi connectivity index (χ2v) is 5.12. The van der Waals surface area contributed by atoms with Crippen LogP contribution in [0.4, 0.5) is 11.9 Å². The molecule has 1 aromatic carbocycles. The molecule has 3 N–H and O–H groups in total. The normalized spacial score (nSPS) is 12.1. The van der Waals surface area contributed by atoms with Gasteiger partial charge in [0.05, 0.1) is 13.2 Å². The summed E-state index contributed by atoms with van der Waals surface area (Å²) in [4.78, 5) is 12.1. The SMILES string of the molecule is Cc1nc(N)nc(NC(C)COCc2ccccc2Cl)n1. The number of aryl methyl sites for hydroxylation is 1. The van der Waals surface area contributed by atoms with Gasteiger partial charge in [-0.1, -0.05) is 29.8 Å². The zero-order chi connectivity index (χ0) is 15.2. The Kier molecular flexibility index (Phi) is 5.30. The summed E-state index contributed by atoms with van der Waals surface area (Å²) in [7, 11) is 0. The maximum Gasteiger partial charge on any atom is 0.228 e. The van der Waals surface area contributed by atoms with Gasteiger partial charge in [-0.15, -0.1) is 0 Å². The molecule has 0 saturated carbocycles. The maximum absolute atomic E-state index is 6.07. The van der Waals surface area contributed by atoms with Crippen LogP contribution in [0.25, 0.3) is 0 Å². The number of benzene rings is 1. The zero-order valence-corrected chi connectivity index (χ0v) is 12.8. The number of aromatic nitrogens is 3. The first kappa shape index (κ1) is 15.5. The Bertz CT molecular complexity index is 587. The van der Waals surface area contributed by atoms with Crippen LogP contribution >= 0.6 is 11.6 Å². The van der Waals surface area contributed by atoms with Gasteiger partial charge in [0.25, 0.3) is 0 Å². The molecule has 1 atom stereocenters. The Morgan fingerprint density at radius 1 is 1.29 bits per heavy atom. The topological polar surface area (TPSA) is 86.0 Å². The molecule has 1 aromatic heterocycles. The second-order valence-electron chi connectivity index (χ2n) is 4.72. The van der Waals surface area contributed by atoms with E-state index in [2.05, 4.69) is 20.3 Å². The summed E-state index contributed by atoms with van der Waals surface area (Å²) < 4.78 is 5.65. The van der Waals surface area contributed by atoms with E-state index in [-0.39, 0.29) is 12.0 Å². The van der Waals surface area contributed by atoms with E-state index in [1.807, 2.05) is 31.2 Å². The largest absolute Gasteiger partial charge is 0.375 e. The predicted molar refractivity (Wildman–Crippen MR) is 83.2 cm³/mol. The van der Waals surface area contributed by atoms with Crippen molar-refractivity contribution in [1.82, 2.24) is 15.0 Å². The van der Waals surface area contributed by atoms with Gasteiger partial charge in [-0.2, -0.15) is 15.0 Å². The van der Waals surface area contributed by atoms with Crippen molar-refractivity contribution < 1.29 is 4.74 Å². The molecule has 0 bridgehead atoms. The molecule has 7 heteroatoms. The van der Waals surface area contributed by atoms with Gasteiger partial charge in [0, 0.05) is 11.1 Å². The highest BCUT2D eigenvalue weighted by atomic mass is 35.5. The van der Waals surface area contributed by atoms with Crippen molar-refractivity contribution in [2.45, 2.75) is 26.5 Å². The summed E-state index contributed by atoms with van der Waals surface area (Å²) in [5.41, 5.74) is 6.54. The molecule has 0 amide bonds. The van der Waals surface area contributed by atoms with Gasteiger partial charge >= 0.3 is 0 Å². The lowest BCUT2D eigenvalue weighted by molar-refractivity contribution is 0.115. The van der Waals surface area contributed by atoms with Crippen LogP contribution in [0.1, 0.15) is 18.3 Å². The molecule has 0 aliphatic carbocycles. The zero-order valence-electron chi connectivity index (χ0n) is 12.0. The van der Waals surface area contributed by atoms with Crippen LogP contribution in [0.2, 0.25) is 5.02 Å². The monoisotopic (exact) mass is 307 g/mol. The van der Waals surface area contributed by atoms with E-state index < -0.39 is 0 Å². The Hall–Kier alpha value is -1.92. The third-order valence-corrected chi connectivity index (χ3v) is 3.09. The van der Waals surface area contributed by atoms with Gasteiger partial charge in [0.15, 0.2) is 0 Å². The molecule has 1 heterocycles. The van der Waals surface area contributed by atoms with Gasteiger partial charge in [-0.05, 0) is 25.5 Å². The van der Waals surface area contributed by atoms with Gasteiger partial charge in [0.2, 0.25) is 11.9 Å². The fourth-order valence-electron chi connectivity index (χ4n) is 1.79. The van der Waals surface area contributed by atoms with Crippen molar-refractivity contribution in [3.63, 3.8) is 0 Å². The van der Waals surface area contributed by atoms with E-state index in [0.29, 0.717) is 30.0 Å². The van der Waals surface area contributed by atoms with Crippen molar-refractivity contribution in [3.8, 4) is 0 Å². The fourth-order valence-corrected chi connectivity index (χ4v) is 1.98. The number of nitrogens with one attached hydrogen (secondary N) is 1. The summed E-state index contributed by atoms with van der Waals surface area (Å²) in [6.45, 7) is 4.70. The molecule has 112 valence electrons. The minimum absolute atomic E-state index is 0.0358. The van der Waals surface area contributed by atoms with Crippen molar-refractivity contribution in [2.75, 3.05) is 17.7 Å². The Balaban J connectivity index is 1.82.